The van der Waals surface area contributed by atoms with Crippen molar-refractivity contribution < 1.29 is 13.7 Å². The monoisotopic (exact) mass is 382 g/mol. The zero-order valence-electron chi connectivity index (χ0n) is 11.4. The average Bonchev–Trinajstić information content (AvgIpc) is 2.57. The number of nitrogens with zero attached hydrogens (tertiary/aromatic N) is 2. The molecule has 2 aromatic heterocycles. The second kappa shape index (κ2) is 8.06. The van der Waals surface area contributed by atoms with Gasteiger partial charge < -0.3 is 0 Å². The van der Waals surface area contributed by atoms with E-state index in [1.807, 2.05) is 43.3 Å². The Labute approximate surface area is 139 Å². The van der Waals surface area contributed by atoms with Gasteiger partial charge in [-0.25, -0.2) is 0 Å². The quantitative estimate of drug-likeness (QED) is 0.471. The van der Waals surface area contributed by atoms with E-state index in [0.29, 0.717) is 0 Å². The van der Waals surface area contributed by atoms with Crippen LogP contribution < -0.4 is 0 Å². The van der Waals surface area contributed by atoms with Crippen molar-refractivity contribution in [2.45, 2.75) is 6.92 Å². The molecule has 0 fully saturated rings. The third-order valence-electron chi connectivity index (χ3n) is 2.95. The number of halogens is 1. The Morgan fingerprint density at radius 3 is 2.43 bits per heavy atom. The summed E-state index contributed by atoms with van der Waals surface area (Å²) in [6, 6.07) is 19.4. The van der Waals surface area contributed by atoms with Crippen LogP contribution in [0.2, 0.25) is 0 Å². The average molecular weight is 384 g/mol. The second-order valence-electron chi connectivity index (χ2n) is 4.36. The zero-order chi connectivity index (χ0) is 15.1. The fraction of sp³-hybridized carbons (Fsp3) is 0.0588. The summed E-state index contributed by atoms with van der Waals surface area (Å²) in [5, 5.41) is 0. The Balaban J connectivity index is 0.000000774. The van der Waals surface area contributed by atoms with Gasteiger partial charge in [-0.3, -0.25) is 9.97 Å². The molecule has 0 saturated heterocycles. The zero-order valence-corrected chi connectivity index (χ0v) is 13.9. The molecule has 3 rings (SSSR count). The molecule has 0 spiro atoms. The molecule has 0 amide bonds. The summed E-state index contributed by atoms with van der Waals surface area (Å²) in [4.78, 5) is 8.85. The van der Waals surface area contributed by atoms with Crippen LogP contribution in [0.1, 0.15) is 5.56 Å². The maximum absolute atomic E-state index is 4.47. The Hall–Kier alpha value is -1.51. The molecule has 2 heterocycles. The number of aromatic nitrogens is 2. The van der Waals surface area contributed by atoms with Crippen molar-refractivity contribution in [3.63, 3.8) is 0 Å². The topological polar surface area (TPSA) is 25.8 Å². The van der Waals surface area contributed by atoms with Crippen LogP contribution in [-0.4, -0.2) is 9.97 Å². The molecule has 0 saturated carbocycles. The van der Waals surface area contributed by atoms with Gasteiger partial charge in [-0.15, -0.1) is 35.4 Å². The SMILES string of the molecule is Cc1[c-]c(-c2cccnc2-c2ccccn2)ccc1.[Ni][Br]. The minimum atomic E-state index is 0.882. The molecule has 0 N–H and O–H groups in total. The normalized spacial score (nSPS) is 9.71. The Bertz CT molecular complexity index is 702. The summed E-state index contributed by atoms with van der Waals surface area (Å²) in [6.07, 6.45) is 3.58. The van der Waals surface area contributed by atoms with Crippen LogP contribution in [0.3, 0.4) is 0 Å². The number of aryl methyl sites for hydroxylation is 1. The number of hydrogen-bond acceptors (Lipinski definition) is 2. The summed E-state index contributed by atoms with van der Waals surface area (Å²) in [7, 11) is 0. The first kappa shape index (κ1) is 15.9. The van der Waals surface area contributed by atoms with Crippen molar-refractivity contribution in [2.24, 2.45) is 0 Å². The van der Waals surface area contributed by atoms with E-state index in [1.54, 1.807) is 12.4 Å². The third kappa shape index (κ3) is 3.99. The van der Waals surface area contributed by atoms with Crippen LogP contribution in [0.5, 0.6) is 0 Å². The first-order valence-electron chi connectivity index (χ1n) is 6.32. The van der Waals surface area contributed by atoms with E-state index in [-0.39, 0.29) is 0 Å². The molecule has 0 unspecified atom stereocenters. The molecule has 109 valence electrons. The molecule has 0 bridgehead atoms. The van der Waals surface area contributed by atoms with Crippen molar-refractivity contribution in [1.82, 2.24) is 9.97 Å². The van der Waals surface area contributed by atoms with Gasteiger partial charge >= 0.3 is 27.9 Å². The van der Waals surface area contributed by atoms with Gasteiger partial charge in [0.1, 0.15) is 0 Å². The Morgan fingerprint density at radius 1 is 0.905 bits per heavy atom. The van der Waals surface area contributed by atoms with Crippen LogP contribution in [0.25, 0.3) is 22.5 Å². The number of hydrogen-bond donors (Lipinski definition) is 0. The summed E-state index contributed by atoms with van der Waals surface area (Å²) in [6.45, 7) is 2.04. The molecule has 0 atom stereocenters. The molecule has 21 heavy (non-hydrogen) atoms. The van der Waals surface area contributed by atoms with E-state index in [9.17, 15) is 0 Å². The molecule has 4 heteroatoms. The van der Waals surface area contributed by atoms with E-state index < -0.39 is 0 Å². The van der Waals surface area contributed by atoms with Crippen molar-refractivity contribution in [1.29, 1.82) is 0 Å². The van der Waals surface area contributed by atoms with Crippen LogP contribution in [-0.2, 0) is 13.7 Å². The predicted octanol–water partition coefficient (Wildman–Crippen LogP) is 4.76. The van der Waals surface area contributed by atoms with Gasteiger partial charge in [0.2, 0.25) is 0 Å². The van der Waals surface area contributed by atoms with Gasteiger partial charge in [0, 0.05) is 12.4 Å². The van der Waals surface area contributed by atoms with Crippen molar-refractivity contribution in [2.75, 3.05) is 0 Å². The van der Waals surface area contributed by atoms with E-state index in [4.69, 9.17) is 0 Å². The Morgan fingerprint density at radius 2 is 1.71 bits per heavy atom. The van der Waals surface area contributed by atoms with Gasteiger partial charge in [0.25, 0.3) is 0 Å². The first-order valence-corrected chi connectivity index (χ1v) is 8.76. The van der Waals surface area contributed by atoms with Gasteiger partial charge in [-0.2, -0.15) is 0 Å². The van der Waals surface area contributed by atoms with Crippen molar-refractivity contribution >= 4 is 14.2 Å². The van der Waals surface area contributed by atoms with Crippen molar-refractivity contribution in [3.8, 4) is 22.5 Å². The second-order valence-corrected chi connectivity index (χ2v) is 4.36. The molecule has 3 aromatic rings. The summed E-state index contributed by atoms with van der Waals surface area (Å²) < 4.78 is 0. The summed E-state index contributed by atoms with van der Waals surface area (Å²) in [5.74, 6) is 0. The molecular weight excluding hydrogens is 371 g/mol. The standard InChI is InChI=1S/C17H13N2.BrH.Ni/c1-13-6-4-7-14(12-13)15-8-5-11-19-17(15)16-9-2-3-10-18-16;;/h2-11H,1H3;1H;/q-1;;+1/p-1. The maximum atomic E-state index is 4.47. The molecule has 0 aliphatic rings. The van der Waals surface area contributed by atoms with E-state index in [1.165, 1.54) is 0 Å². The Kier molecular flexibility index (Phi) is 6.09. The van der Waals surface area contributed by atoms with Gasteiger partial charge in [-0.05, 0) is 12.1 Å². The van der Waals surface area contributed by atoms with Crippen LogP contribution in [0.4, 0.5) is 0 Å². The number of rotatable bonds is 2. The van der Waals surface area contributed by atoms with E-state index in [0.717, 1.165) is 28.1 Å². The predicted molar refractivity (Wildman–Crippen MR) is 85.4 cm³/mol. The fourth-order valence-electron chi connectivity index (χ4n) is 2.07. The fourth-order valence-corrected chi connectivity index (χ4v) is 2.07. The number of pyridine rings is 2. The molecular formula is C17H13BrN2Ni-. The van der Waals surface area contributed by atoms with Crippen molar-refractivity contribution in [3.05, 3.63) is 72.6 Å². The van der Waals surface area contributed by atoms with Gasteiger partial charge in [-0.1, -0.05) is 30.7 Å². The van der Waals surface area contributed by atoms with Gasteiger partial charge in [0.15, 0.2) is 0 Å². The molecule has 0 aliphatic heterocycles. The molecule has 2 nitrogen and oxygen atoms in total. The van der Waals surface area contributed by atoms with Crippen LogP contribution >= 0.6 is 14.2 Å². The van der Waals surface area contributed by atoms with Crippen LogP contribution in [0.15, 0.2) is 60.9 Å². The minimum absolute atomic E-state index is 0.882. The number of benzene rings is 1. The van der Waals surface area contributed by atoms with E-state index in [2.05, 4.69) is 56.1 Å². The van der Waals surface area contributed by atoms with Gasteiger partial charge in [0.05, 0.1) is 11.4 Å². The third-order valence-corrected chi connectivity index (χ3v) is 2.95. The molecule has 0 aliphatic carbocycles. The summed E-state index contributed by atoms with van der Waals surface area (Å²) >= 11 is 6.25. The van der Waals surface area contributed by atoms with E-state index >= 15 is 0 Å². The van der Waals surface area contributed by atoms with Crippen LogP contribution in [0, 0.1) is 13.0 Å². The molecule has 1 aromatic carbocycles. The first-order chi connectivity index (χ1) is 10.3. The molecule has 0 radical (unpaired) electrons. The summed E-state index contributed by atoms with van der Waals surface area (Å²) in [5.41, 5.74) is 5.00.